The number of hydrogen-bond donors (Lipinski definition) is 1. The molecule has 1 aromatic heterocycles. The van der Waals surface area contributed by atoms with Gasteiger partial charge in [0.2, 0.25) is 0 Å². The summed E-state index contributed by atoms with van der Waals surface area (Å²) in [4.78, 5) is 20.6. The first-order chi connectivity index (χ1) is 21.8. The number of halogens is 1. The first-order valence-electron chi connectivity index (χ1n) is 16.4. The average Bonchev–Trinajstić information content (AvgIpc) is 3.21. The molecule has 6 nitrogen and oxygen atoms in total. The Morgan fingerprint density at radius 3 is 2.71 bits per heavy atom. The number of nitrogens with one attached hydrogen (secondary N) is 1. The Bertz CT molecular complexity index is 1560. The van der Waals surface area contributed by atoms with Crippen LogP contribution in [0.4, 0.5) is 5.69 Å². The summed E-state index contributed by atoms with van der Waals surface area (Å²) in [5.74, 6) is 1.86. The first kappa shape index (κ1) is 31.8. The Morgan fingerprint density at radius 1 is 1.09 bits per heavy atom. The lowest BCUT2D eigenvalue weighted by atomic mass is 9.65. The monoisotopic (exact) mass is 645 g/mol. The zero-order chi connectivity index (χ0) is 31.5. The number of ether oxygens (including phenoxy) is 1. The van der Waals surface area contributed by atoms with Crippen molar-refractivity contribution in [2.75, 3.05) is 24.6 Å². The summed E-state index contributed by atoms with van der Waals surface area (Å²) in [5, 5.41) is 0.557. The van der Waals surface area contributed by atoms with Crippen molar-refractivity contribution in [1.29, 1.82) is 0 Å². The molecule has 3 aromatic rings. The molecule has 2 aromatic carbocycles. The number of fused-ring (bicyclic) bond motifs is 2. The summed E-state index contributed by atoms with van der Waals surface area (Å²) < 4.78 is 22.6. The average molecular weight is 646 g/mol. The summed E-state index contributed by atoms with van der Waals surface area (Å²) >= 11 is 6.45. The standard InChI is InChI=1S/C37H44ClN3O3S/c1-4-8-26-19-30(38)14-16-31(26)29-22-41-21-28-12-15-32(28)33(34-11-5-6-18-39-34)10-7-9-24(2)25(3)45(43)40-37(42)27-13-17-36(44-23-29)35(41)20-27/h5-7,10-11,13-14,16-20,24-25,28-29,32-33H,4,8-9,12,15,21-23H2,1-3H3,(H,40,42)/b10-7+. The van der Waals surface area contributed by atoms with Crippen LogP contribution in [0, 0.1) is 17.8 Å². The van der Waals surface area contributed by atoms with Crippen molar-refractivity contribution in [3.8, 4) is 5.75 Å². The maximum Gasteiger partial charge on any atom is 0.263 e. The van der Waals surface area contributed by atoms with Gasteiger partial charge in [-0.1, -0.05) is 56.2 Å². The number of carbonyl (C=O) groups is 1. The van der Waals surface area contributed by atoms with Crippen molar-refractivity contribution in [3.05, 3.63) is 100 Å². The molecule has 3 aliphatic rings. The molecule has 238 valence electrons. The Labute approximate surface area is 275 Å². The molecule has 2 aliphatic heterocycles. The van der Waals surface area contributed by atoms with E-state index in [1.165, 1.54) is 11.1 Å². The van der Waals surface area contributed by atoms with Gasteiger partial charge in [-0.2, -0.15) is 0 Å². The van der Waals surface area contributed by atoms with Crippen LogP contribution in [0.15, 0.2) is 72.9 Å². The summed E-state index contributed by atoms with van der Waals surface area (Å²) in [6, 6.07) is 18.1. The molecular formula is C37H44ClN3O3S. The van der Waals surface area contributed by atoms with Crippen molar-refractivity contribution < 1.29 is 13.7 Å². The van der Waals surface area contributed by atoms with E-state index in [1.807, 2.05) is 37.4 Å². The van der Waals surface area contributed by atoms with Crippen LogP contribution in [-0.4, -0.2) is 40.0 Å². The number of allylic oxidation sites excluding steroid dienone is 2. The molecule has 45 heavy (non-hydrogen) atoms. The van der Waals surface area contributed by atoms with Crippen LogP contribution in [-0.2, 0) is 17.4 Å². The SMILES string of the molecule is CCCc1cc(Cl)ccc1C1COc2ccc3cc2N(C1)CC1CCC1C(c1ccccn1)/C=C/CC(C)C(C)S(=O)NC3=O. The molecule has 2 bridgehead atoms. The largest absolute Gasteiger partial charge is 0.491 e. The number of anilines is 1. The van der Waals surface area contributed by atoms with Gasteiger partial charge in [0.1, 0.15) is 16.7 Å². The third kappa shape index (κ3) is 7.00. The molecule has 8 heteroatoms. The lowest BCUT2D eigenvalue weighted by molar-refractivity contribution is 0.0982. The van der Waals surface area contributed by atoms with Crippen molar-refractivity contribution in [2.24, 2.45) is 17.8 Å². The predicted molar refractivity (Wildman–Crippen MR) is 184 cm³/mol. The molecule has 1 saturated carbocycles. The highest BCUT2D eigenvalue weighted by Gasteiger charge is 2.39. The van der Waals surface area contributed by atoms with Gasteiger partial charge in [0.15, 0.2) is 0 Å². The van der Waals surface area contributed by atoms with Gasteiger partial charge < -0.3 is 9.64 Å². The second-order valence-corrected chi connectivity index (χ2v) is 15.0. The van der Waals surface area contributed by atoms with Crippen molar-refractivity contribution in [3.63, 3.8) is 0 Å². The molecule has 0 saturated heterocycles. The highest BCUT2D eigenvalue weighted by Crippen LogP contribution is 2.47. The smallest absolute Gasteiger partial charge is 0.263 e. The minimum absolute atomic E-state index is 0.134. The van der Waals surface area contributed by atoms with E-state index in [2.05, 4.69) is 59.9 Å². The van der Waals surface area contributed by atoms with Gasteiger partial charge in [-0.25, -0.2) is 4.21 Å². The van der Waals surface area contributed by atoms with Crippen LogP contribution in [0.2, 0.25) is 5.02 Å². The van der Waals surface area contributed by atoms with Gasteiger partial charge >= 0.3 is 0 Å². The fourth-order valence-corrected chi connectivity index (χ4v) is 8.37. The third-order valence-electron chi connectivity index (χ3n) is 10.1. The molecule has 0 radical (unpaired) electrons. The normalized spacial score (nSPS) is 29.4. The Balaban J connectivity index is 1.40. The lowest BCUT2D eigenvalue weighted by Crippen LogP contribution is -2.42. The van der Waals surface area contributed by atoms with Crippen LogP contribution in [0.5, 0.6) is 5.75 Å². The molecule has 1 fully saturated rings. The number of amides is 1. The van der Waals surface area contributed by atoms with Gasteiger partial charge in [0.25, 0.3) is 5.91 Å². The minimum atomic E-state index is -1.52. The number of carbonyl (C=O) groups excluding carboxylic acids is 1. The van der Waals surface area contributed by atoms with E-state index in [1.54, 1.807) is 6.07 Å². The number of aryl methyl sites for hydroxylation is 1. The Hall–Kier alpha value is -3.16. The Morgan fingerprint density at radius 2 is 1.96 bits per heavy atom. The molecule has 6 rings (SSSR count). The molecule has 1 aliphatic carbocycles. The zero-order valence-electron chi connectivity index (χ0n) is 26.5. The number of aromatic nitrogens is 1. The van der Waals surface area contributed by atoms with Crippen molar-refractivity contribution in [2.45, 2.75) is 70.0 Å². The number of rotatable bonds is 4. The Kier molecular flexibility index (Phi) is 9.96. The zero-order valence-corrected chi connectivity index (χ0v) is 28.0. The molecule has 0 spiro atoms. The highest BCUT2D eigenvalue weighted by molar-refractivity contribution is 7.84. The van der Waals surface area contributed by atoms with Gasteiger partial charge in [0.05, 0.1) is 17.5 Å². The summed E-state index contributed by atoms with van der Waals surface area (Å²) in [6.07, 6.45) is 11.5. The maximum absolute atomic E-state index is 13.4. The van der Waals surface area contributed by atoms with Crippen LogP contribution in [0.25, 0.3) is 0 Å². The van der Waals surface area contributed by atoms with Crippen molar-refractivity contribution in [1.82, 2.24) is 9.71 Å². The summed E-state index contributed by atoms with van der Waals surface area (Å²) in [6.45, 7) is 8.41. The molecule has 1 amide bonds. The first-order valence-corrected chi connectivity index (χ1v) is 18.0. The predicted octanol–water partition coefficient (Wildman–Crippen LogP) is 7.86. The van der Waals surface area contributed by atoms with E-state index in [4.69, 9.17) is 21.3 Å². The van der Waals surface area contributed by atoms with E-state index in [9.17, 15) is 9.00 Å². The topological polar surface area (TPSA) is 71.5 Å². The second kappa shape index (κ2) is 14.1. The molecule has 7 atom stereocenters. The highest BCUT2D eigenvalue weighted by atomic mass is 35.5. The molecule has 7 unspecified atom stereocenters. The number of pyridine rings is 1. The van der Waals surface area contributed by atoms with Crippen molar-refractivity contribution >= 4 is 34.2 Å². The molecular weight excluding hydrogens is 602 g/mol. The van der Waals surface area contributed by atoms with Crippen LogP contribution in [0.1, 0.15) is 85.5 Å². The van der Waals surface area contributed by atoms with Crippen LogP contribution < -0.4 is 14.4 Å². The van der Waals surface area contributed by atoms with Crippen LogP contribution in [0.3, 0.4) is 0 Å². The fourth-order valence-electron chi connectivity index (χ4n) is 7.15. The summed E-state index contributed by atoms with van der Waals surface area (Å²) in [5.41, 5.74) is 5.07. The lowest BCUT2D eigenvalue weighted by Gasteiger charge is -2.44. The van der Waals surface area contributed by atoms with E-state index >= 15 is 0 Å². The van der Waals surface area contributed by atoms with E-state index in [0.29, 0.717) is 24.0 Å². The number of nitrogens with zero attached hydrogens (tertiary/aromatic N) is 2. The van der Waals surface area contributed by atoms with Gasteiger partial charge in [-0.3, -0.25) is 14.5 Å². The third-order valence-corrected chi connectivity index (χ3v) is 11.9. The number of benzene rings is 2. The summed E-state index contributed by atoms with van der Waals surface area (Å²) in [7, 11) is -1.52. The number of hydrogen-bond acceptors (Lipinski definition) is 5. The minimum Gasteiger partial charge on any atom is -0.491 e. The van der Waals surface area contributed by atoms with Gasteiger partial charge in [0, 0.05) is 47.4 Å². The van der Waals surface area contributed by atoms with Gasteiger partial charge in [-0.15, -0.1) is 0 Å². The molecule has 3 heterocycles. The van der Waals surface area contributed by atoms with Crippen LogP contribution >= 0.6 is 11.6 Å². The second-order valence-electron chi connectivity index (χ2n) is 13.0. The maximum atomic E-state index is 13.4. The van der Waals surface area contributed by atoms with E-state index in [-0.39, 0.29) is 28.9 Å². The van der Waals surface area contributed by atoms with E-state index < -0.39 is 11.0 Å². The molecule has 1 N–H and O–H groups in total. The fraction of sp³-hybridized carbons (Fsp3) is 0.459. The quantitative estimate of drug-likeness (QED) is 0.293. The van der Waals surface area contributed by atoms with E-state index in [0.717, 1.165) is 67.3 Å². The van der Waals surface area contributed by atoms with Gasteiger partial charge in [-0.05, 0) is 104 Å².